The molecule has 0 bridgehead atoms. The molecule has 0 spiro atoms. The SMILES string of the molecule is CCN(CC)CCCNC(=O)c1nn2c(C(F)(F)F)cc(-c3ccc(C)cc3)nc2c1Cl. The minimum absolute atomic E-state index is 0.0952. The van der Waals surface area contributed by atoms with Crippen LogP contribution in [0.1, 0.15) is 42.0 Å². The largest absolute Gasteiger partial charge is 0.433 e. The topological polar surface area (TPSA) is 62.5 Å². The van der Waals surface area contributed by atoms with Crippen molar-refractivity contribution in [2.45, 2.75) is 33.4 Å². The van der Waals surface area contributed by atoms with Gasteiger partial charge in [-0.05, 0) is 39.0 Å². The molecule has 0 aliphatic heterocycles. The van der Waals surface area contributed by atoms with Crippen LogP contribution in [0.25, 0.3) is 16.9 Å². The maximum Gasteiger partial charge on any atom is 0.433 e. The number of carbonyl (C=O) groups is 1. The number of aromatic nitrogens is 3. The summed E-state index contributed by atoms with van der Waals surface area (Å²) in [6, 6.07) is 7.84. The first-order valence-electron chi connectivity index (χ1n) is 10.4. The molecule has 6 nitrogen and oxygen atoms in total. The van der Waals surface area contributed by atoms with Crippen LogP contribution in [-0.2, 0) is 6.18 Å². The third-order valence-electron chi connectivity index (χ3n) is 5.22. The Hall–Kier alpha value is -2.65. The molecule has 0 fully saturated rings. The smallest absolute Gasteiger partial charge is 0.351 e. The number of hydrogen-bond donors (Lipinski definition) is 1. The maximum atomic E-state index is 13.8. The first kappa shape index (κ1) is 24.0. The van der Waals surface area contributed by atoms with E-state index in [0.717, 1.165) is 31.3 Å². The summed E-state index contributed by atoms with van der Waals surface area (Å²) < 4.78 is 41.9. The van der Waals surface area contributed by atoms with Crippen molar-refractivity contribution in [3.63, 3.8) is 0 Å². The number of alkyl halides is 3. The fourth-order valence-electron chi connectivity index (χ4n) is 3.34. The standard InChI is InChI=1S/C22H25ClF3N5O/c1-4-30(5-2)12-6-11-27-21(32)19-18(23)20-28-16(15-9-7-14(3)8-10-15)13-17(22(24,25)26)31(20)29-19/h7-10,13H,4-6,11-12H2,1-3H3,(H,27,32). The quantitative estimate of drug-likeness (QED) is 0.481. The molecule has 3 aromatic rings. The molecule has 0 saturated heterocycles. The maximum absolute atomic E-state index is 13.8. The third-order valence-corrected chi connectivity index (χ3v) is 5.56. The van der Waals surface area contributed by atoms with Crippen molar-refractivity contribution in [2.24, 2.45) is 0 Å². The Morgan fingerprint density at radius 2 is 1.84 bits per heavy atom. The first-order valence-corrected chi connectivity index (χ1v) is 10.8. The zero-order valence-corrected chi connectivity index (χ0v) is 18.9. The van der Waals surface area contributed by atoms with E-state index in [0.29, 0.717) is 23.0 Å². The summed E-state index contributed by atoms with van der Waals surface area (Å²) in [7, 11) is 0. The van der Waals surface area contributed by atoms with Gasteiger partial charge in [0.1, 0.15) is 5.02 Å². The van der Waals surface area contributed by atoms with E-state index in [9.17, 15) is 18.0 Å². The highest BCUT2D eigenvalue weighted by Crippen LogP contribution is 2.34. The molecule has 1 aromatic carbocycles. The Labute approximate surface area is 189 Å². The Morgan fingerprint density at radius 1 is 1.19 bits per heavy atom. The van der Waals surface area contributed by atoms with Crippen LogP contribution in [-0.4, -0.2) is 51.6 Å². The van der Waals surface area contributed by atoms with Crippen molar-refractivity contribution in [2.75, 3.05) is 26.2 Å². The lowest BCUT2D eigenvalue weighted by Gasteiger charge is -2.17. The number of amides is 1. The Kier molecular flexibility index (Phi) is 7.40. The second-order valence-corrected chi connectivity index (χ2v) is 7.80. The highest BCUT2D eigenvalue weighted by atomic mass is 35.5. The summed E-state index contributed by atoms with van der Waals surface area (Å²) in [5, 5.41) is 6.32. The number of carbonyl (C=O) groups excluding carboxylic acids is 1. The predicted octanol–water partition coefficient (Wildman–Crippen LogP) is 4.84. The molecule has 0 unspecified atom stereocenters. The first-order chi connectivity index (χ1) is 15.2. The molecular formula is C22H25ClF3N5O. The van der Waals surface area contributed by atoms with Gasteiger partial charge in [-0.1, -0.05) is 55.3 Å². The van der Waals surface area contributed by atoms with Gasteiger partial charge in [-0.3, -0.25) is 4.79 Å². The summed E-state index contributed by atoms with van der Waals surface area (Å²) in [6.07, 6.45) is -4.02. The van der Waals surface area contributed by atoms with Gasteiger partial charge in [0, 0.05) is 12.1 Å². The molecule has 172 valence electrons. The van der Waals surface area contributed by atoms with Crippen molar-refractivity contribution in [3.05, 3.63) is 52.3 Å². The van der Waals surface area contributed by atoms with Crippen LogP contribution in [0.15, 0.2) is 30.3 Å². The molecule has 0 saturated carbocycles. The van der Waals surface area contributed by atoms with E-state index in [1.54, 1.807) is 24.3 Å². The fourth-order valence-corrected chi connectivity index (χ4v) is 3.58. The van der Waals surface area contributed by atoms with Crippen molar-refractivity contribution < 1.29 is 18.0 Å². The van der Waals surface area contributed by atoms with Crippen molar-refractivity contribution in [3.8, 4) is 11.3 Å². The number of benzene rings is 1. The predicted molar refractivity (Wildman–Crippen MR) is 118 cm³/mol. The van der Waals surface area contributed by atoms with E-state index in [1.807, 2.05) is 6.92 Å². The molecule has 0 aliphatic rings. The van der Waals surface area contributed by atoms with Crippen LogP contribution >= 0.6 is 11.6 Å². The van der Waals surface area contributed by atoms with Crippen LogP contribution < -0.4 is 5.32 Å². The average molecular weight is 468 g/mol. The Bertz CT molecular complexity index is 1090. The van der Waals surface area contributed by atoms with E-state index in [1.165, 1.54) is 0 Å². The zero-order valence-electron chi connectivity index (χ0n) is 18.1. The van der Waals surface area contributed by atoms with Crippen molar-refractivity contribution >= 4 is 23.2 Å². The number of hydrogen-bond acceptors (Lipinski definition) is 4. The van der Waals surface area contributed by atoms with Gasteiger partial charge in [-0.2, -0.15) is 18.3 Å². The number of halogens is 4. The minimum atomic E-state index is -4.71. The van der Waals surface area contributed by atoms with Crippen LogP contribution in [0.5, 0.6) is 0 Å². The van der Waals surface area contributed by atoms with Gasteiger partial charge in [0.15, 0.2) is 17.0 Å². The molecular weight excluding hydrogens is 443 g/mol. The van der Waals surface area contributed by atoms with Crippen LogP contribution in [0.2, 0.25) is 5.02 Å². The lowest BCUT2D eigenvalue weighted by molar-refractivity contribution is -0.142. The van der Waals surface area contributed by atoms with Crippen LogP contribution in [0.4, 0.5) is 13.2 Å². The molecule has 0 radical (unpaired) electrons. The highest BCUT2D eigenvalue weighted by molar-refractivity contribution is 6.36. The van der Waals surface area contributed by atoms with Gasteiger partial charge in [0.05, 0.1) is 5.69 Å². The Balaban J connectivity index is 1.93. The molecule has 2 aromatic heterocycles. The molecule has 32 heavy (non-hydrogen) atoms. The lowest BCUT2D eigenvalue weighted by Crippen LogP contribution is -2.30. The van der Waals surface area contributed by atoms with E-state index < -0.39 is 17.8 Å². The second kappa shape index (κ2) is 9.87. The van der Waals surface area contributed by atoms with Crippen molar-refractivity contribution in [1.82, 2.24) is 24.8 Å². The monoisotopic (exact) mass is 467 g/mol. The fraction of sp³-hybridized carbons (Fsp3) is 0.409. The third kappa shape index (κ3) is 5.21. The minimum Gasteiger partial charge on any atom is -0.351 e. The summed E-state index contributed by atoms with van der Waals surface area (Å²) >= 11 is 6.28. The van der Waals surface area contributed by atoms with E-state index in [2.05, 4.69) is 34.1 Å². The second-order valence-electron chi connectivity index (χ2n) is 7.42. The van der Waals surface area contributed by atoms with Gasteiger partial charge in [0.25, 0.3) is 5.91 Å². The number of nitrogens with zero attached hydrogens (tertiary/aromatic N) is 4. The molecule has 1 N–H and O–H groups in total. The van der Waals surface area contributed by atoms with Crippen molar-refractivity contribution in [1.29, 1.82) is 0 Å². The summed E-state index contributed by atoms with van der Waals surface area (Å²) in [5.74, 6) is -0.634. The molecule has 0 aliphatic carbocycles. The van der Waals surface area contributed by atoms with Gasteiger partial charge in [-0.25, -0.2) is 9.50 Å². The van der Waals surface area contributed by atoms with Gasteiger partial charge < -0.3 is 10.2 Å². The molecule has 3 rings (SSSR count). The summed E-state index contributed by atoms with van der Waals surface area (Å²) in [5.41, 5.74) is 0.00812. The number of rotatable bonds is 8. The van der Waals surface area contributed by atoms with Gasteiger partial charge in [0.2, 0.25) is 0 Å². The van der Waals surface area contributed by atoms with Crippen LogP contribution in [0.3, 0.4) is 0 Å². The van der Waals surface area contributed by atoms with Crippen LogP contribution in [0, 0.1) is 6.92 Å². The van der Waals surface area contributed by atoms with E-state index in [-0.39, 0.29) is 22.1 Å². The molecule has 1 amide bonds. The number of aryl methyl sites for hydroxylation is 1. The normalized spacial score (nSPS) is 12.0. The number of fused-ring (bicyclic) bond motifs is 1. The summed E-state index contributed by atoms with van der Waals surface area (Å²) in [6.45, 7) is 8.93. The number of nitrogens with one attached hydrogen (secondary N) is 1. The van der Waals surface area contributed by atoms with Gasteiger partial charge in [-0.15, -0.1) is 0 Å². The van der Waals surface area contributed by atoms with Gasteiger partial charge >= 0.3 is 6.18 Å². The summed E-state index contributed by atoms with van der Waals surface area (Å²) in [4.78, 5) is 19.1. The molecule has 10 heteroatoms. The highest BCUT2D eigenvalue weighted by Gasteiger charge is 2.36. The van der Waals surface area contributed by atoms with E-state index in [4.69, 9.17) is 11.6 Å². The zero-order chi connectivity index (χ0) is 23.5. The molecule has 0 atom stereocenters. The Morgan fingerprint density at radius 3 is 2.44 bits per heavy atom. The lowest BCUT2D eigenvalue weighted by atomic mass is 10.1. The average Bonchev–Trinajstić information content (AvgIpc) is 3.09. The van der Waals surface area contributed by atoms with E-state index >= 15 is 0 Å². The molecule has 2 heterocycles.